The quantitative estimate of drug-likeness (QED) is 0.650. The van der Waals surface area contributed by atoms with E-state index in [4.69, 9.17) is 9.73 Å². The minimum Gasteiger partial charge on any atom is -0.370 e. The van der Waals surface area contributed by atoms with Crippen LogP contribution < -0.4 is 5.32 Å². The molecule has 7 nitrogen and oxygen atoms in total. The number of benzene rings is 1. The van der Waals surface area contributed by atoms with E-state index in [2.05, 4.69) is 63.1 Å². The van der Waals surface area contributed by atoms with Crippen molar-refractivity contribution >= 4 is 5.96 Å². The van der Waals surface area contributed by atoms with E-state index in [9.17, 15) is 0 Å². The molecule has 1 N–H and O–H groups in total. The summed E-state index contributed by atoms with van der Waals surface area (Å²) in [4.78, 5) is 7.19. The van der Waals surface area contributed by atoms with Gasteiger partial charge in [-0.3, -0.25) is 0 Å². The number of guanidine groups is 1. The second-order valence-electron chi connectivity index (χ2n) is 7.47. The van der Waals surface area contributed by atoms with Crippen molar-refractivity contribution in [2.75, 3.05) is 26.2 Å². The Morgan fingerprint density at radius 3 is 3.00 bits per heavy atom. The molecule has 0 bridgehead atoms. The molecular formula is C21H30N6O. The molecule has 1 atom stereocenters. The fourth-order valence-corrected chi connectivity index (χ4v) is 4.03. The van der Waals surface area contributed by atoms with Crippen molar-refractivity contribution in [2.45, 2.75) is 52.3 Å². The monoisotopic (exact) mass is 382 g/mol. The molecule has 0 radical (unpaired) electrons. The summed E-state index contributed by atoms with van der Waals surface area (Å²) in [6.45, 7) is 8.99. The van der Waals surface area contributed by atoms with E-state index < -0.39 is 0 Å². The molecule has 1 saturated heterocycles. The van der Waals surface area contributed by atoms with Crippen molar-refractivity contribution in [1.29, 1.82) is 0 Å². The van der Waals surface area contributed by atoms with Gasteiger partial charge in [0.2, 0.25) is 0 Å². The van der Waals surface area contributed by atoms with Crippen LogP contribution in [0.1, 0.15) is 48.6 Å². The number of rotatable bonds is 4. The fourth-order valence-electron chi connectivity index (χ4n) is 4.03. The third kappa shape index (κ3) is 4.04. The zero-order valence-corrected chi connectivity index (χ0v) is 16.9. The second kappa shape index (κ2) is 8.73. The van der Waals surface area contributed by atoms with Crippen LogP contribution in [0.3, 0.4) is 0 Å². The Hall–Kier alpha value is -2.41. The van der Waals surface area contributed by atoms with Crippen LogP contribution in [0.4, 0.5) is 0 Å². The fraction of sp³-hybridized carbons (Fsp3) is 0.571. The first kappa shape index (κ1) is 18.9. The zero-order chi connectivity index (χ0) is 19.3. The average Bonchev–Trinajstić information content (AvgIpc) is 3.15. The maximum Gasteiger partial charge on any atom is 0.194 e. The normalized spacial score (nSPS) is 20.1. The number of aromatic nitrogens is 3. The van der Waals surface area contributed by atoms with Gasteiger partial charge in [-0.15, -0.1) is 10.2 Å². The molecule has 0 amide bonds. The first-order chi connectivity index (χ1) is 13.8. The smallest absolute Gasteiger partial charge is 0.194 e. The molecular weight excluding hydrogens is 352 g/mol. The predicted molar refractivity (Wildman–Crippen MR) is 109 cm³/mol. The summed E-state index contributed by atoms with van der Waals surface area (Å²) >= 11 is 0. The number of nitrogens with one attached hydrogen (secondary N) is 1. The third-order valence-electron chi connectivity index (χ3n) is 5.54. The van der Waals surface area contributed by atoms with Gasteiger partial charge in [-0.25, -0.2) is 4.99 Å². The molecule has 1 unspecified atom stereocenters. The first-order valence-electron chi connectivity index (χ1n) is 10.4. The van der Waals surface area contributed by atoms with Crippen LogP contribution in [0.5, 0.6) is 0 Å². The molecule has 0 aliphatic carbocycles. The van der Waals surface area contributed by atoms with Gasteiger partial charge in [-0.2, -0.15) is 0 Å². The van der Waals surface area contributed by atoms with E-state index in [1.165, 1.54) is 24.0 Å². The molecule has 0 saturated carbocycles. The van der Waals surface area contributed by atoms with E-state index in [0.717, 1.165) is 50.2 Å². The Labute approximate surface area is 166 Å². The lowest BCUT2D eigenvalue weighted by atomic mass is 10.0. The van der Waals surface area contributed by atoms with Gasteiger partial charge in [-0.05, 0) is 37.8 Å². The number of aryl methyl sites for hydroxylation is 2. The number of ether oxygens (including phenoxy) is 1. The lowest BCUT2D eigenvalue weighted by Crippen LogP contribution is -2.48. The van der Waals surface area contributed by atoms with Gasteiger partial charge in [0.15, 0.2) is 11.8 Å². The Morgan fingerprint density at radius 2 is 2.14 bits per heavy atom. The minimum absolute atomic E-state index is 0.0691. The molecule has 1 aromatic heterocycles. The SMILES string of the molecule is CCNC(=NCc1nnc2n1CCCC2)N1CCOC(c2ccccc2C)C1. The Bertz CT molecular complexity index is 830. The Balaban J connectivity index is 1.50. The van der Waals surface area contributed by atoms with E-state index in [1.54, 1.807) is 0 Å². The van der Waals surface area contributed by atoms with Gasteiger partial charge in [0.05, 0.1) is 13.2 Å². The van der Waals surface area contributed by atoms with Crippen LogP contribution in [0.2, 0.25) is 0 Å². The van der Waals surface area contributed by atoms with Crippen LogP contribution in [0.15, 0.2) is 29.3 Å². The molecule has 4 rings (SSSR count). The minimum atomic E-state index is 0.0691. The number of hydrogen-bond donors (Lipinski definition) is 1. The Kier molecular flexibility index (Phi) is 5.90. The van der Waals surface area contributed by atoms with Crippen molar-refractivity contribution in [3.63, 3.8) is 0 Å². The molecule has 28 heavy (non-hydrogen) atoms. The summed E-state index contributed by atoms with van der Waals surface area (Å²) < 4.78 is 8.32. The second-order valence-corrected chi connectivity index (χ2v) is 7.47. The highest BCUT2D eigenvalue weighted by Crippen LogP contribution is 2.25. The van der Waals surface area contributed by atoms with Crippen LogP contribution in [0.25, 0.3) is 0 Å². The van der Waals surface area contributed by atoms with E-state index >= 15 is 0 Å². The Morgan fingerprint density at radius 1 is 1.25 bits per heavy atom. The highest BCUT2D eigenvalue weighted by atomic mass is 16.5. The van der Waals surface area contributed by atoms with E-state index in [-0.39, 0.29) is 6.10 Å². The molecule has 1 aromatic carbocycles. The molecule has 2 aromatic rings. The zero-order valence-electron chi connectivity index (χ0n) is 16.9. The average molecular weight is 383 g/mol. The lowest BCUT2D eigenvalue weighted by Gasteiger charge is -2.35. The van der Waals surface area contributed by atoms with Crippen LogP contribution in [-0.2, 0) is 24.2 Å². The summed E-state index contributed by atoms with van der Waals surface area (Å²) in [6, 6.07) is 8.46. The summed E-state index contributed by atoms with van der Waals surface area (Å²) in [5, 5.41) is 12.2. The van der Waals surface area contributed by atoms with Gasteiger partial charge < -0.3 is 19.5 Å². The highest BCUT2D eigenvalue weighted by molar-refractivity contribution is 5.80. The van der Waals surface area contributed by atoms with Gasteiger partial charge in [0.25, 0.3) is 0 Å². The number of aliphatic imine (C=N–C) groups is 1. The van der Waals surface area contributed by atoms with Crippen molar-refractivity contribution in [1.82, 2.24) is 25.0 Å². The third-order valence-corrected chi connectivity index (χ3v) is 5.54. The molecule has 1 fully saturated rings. The number of fused-ring (bicyclic) bond motifs is 1. The van der Waals surface area contributed by atoms with Crippen molar-refractivity contribution in [2.24, 2.45) is 4.99 Å². The molecule has 7 heteroatoms. The summed E-state index contributed by atoms with van der Waals surface area (Å²) in [5.41, 5.74) is 2.53. The van der Waals surface area contributed by atoms with Crippen molar-refractivity contribution < 1.29 is 4.74 Å². The largest absolute Gasteiger partial charge is 0.370 e. The van der Waals surface area contributed by atoms with Gasteiger partial charge >= 0.3 is 0 Å². The van der Waals surface area contributed by atoms with Crippen LogP contribution in [-0.4, -0.2) is 51.9 Å². The molecule has 0 spiro atoms. The topological polar surface area (TPSA) is 67.6 Å². The summed E-state index contributed by atoms with van der Waals surface area (Å²) in [6.07, 6.45) is 3.50. The first-order valence-corrected chi connectivity index (χ1v) is 10.4. The molecule has 150 valence electrons. The molecule has 3 heterocycles. The summed E-state index contributed by atoms with van der Waals surface area (Å²) in [7, 11) is 0. The van der Waals surface area contributed by atoms with Crippen molar-refractivity contribution in [3.05, 3.63) is 47.0 Å². The van der Waals surface area contributed by atoms with Crippen molar-refractivity contribution in [3.8, 4) is 0 Å². The maximum absolute atomic E-state index is 6.08. The maximum atomic E-state index is 6.08. The lowest BCUT2D eigenvalue weighted by molar-refractivity contribution is -0.00834. The number of hydrogen-bond acceptors (Lipinski definition) is 4. The standard InChI is InChI=1S/C21H30N6O/c1-3-22-21(23-14-20-25-24-19-10-6-7-11-27(19)20)26-12-13-28-18(15-26)17-9-5-4-8-16(17)2/h4-5,8-9,18H,3,6-7,10-15H2,1-2H3,(H,22,23). The van der Waals surface area contributed by atoms with Gasteiger partial charge in [0.1, 0.15) is 18.5 Å². The number of morpholine rings is 1. The highest BCUT2D eigenvalue weighted by Gasteiger charge is 2.25. The van der Waals surface area contributed by atoms with Gasteiger partial charge in [0, 0.05) is 26.1 Å². The molecule has 2 aliphatic heterocycles. The predicted octanol–water partition coefficient (Wildman–Crippen LogP) is 2.46. The molecule has 2 aliphatic rings. The van der Waals surface area contributed by atoms with E-state index in [1.807, 2.05) is 0 Å². The van der Waals surface area contributed by atoms with E-state index in [0.29, 0.717) is 13.2 Å². The number of nitrogens with zero attached hydrogens (tertiary/aromatic N) is 5. The summed E-state index contributed by atoms with van der Waals surface area (Å²) in [5.74, 6) is 3.00. The van der Waals surface area contributed by atoms with Gasteiger partial charge in [-0.1, -0.05) is 24.3 Å². The van der Waals surface area contributed by atoms with Crippen LogP contribution >= 0.6 is 0 Å². The van der Waals surface area contributed by atoms with Crippen LogP contribution in [0, 0.1) is 6.92 Å².